The quantitative estimate of drug-likeness (QED) is 0.581. The first kappa shape index (κ1) is 16.6. The number of methoxy groups -OCH3 is 1. The number of allylic oxidation sites excluding steroid dienone is 1. The van der Waals surface area contributed by atoms with E-state index in [2.05, 4.69) is 19.9 Å². The van der Waals surface area contributed by atoms with Gasteiger partial charge in [0, 0.05) is 0 Å². The van der Waals surface area contributed by atoms with Gasteiger partial charge in [0.05, 0.1) is 19.1 Å². The summed E-state index contributed by atoms with van der Waals surface area (Å²) in [6.45, 7) is 4.81. The van der Waals surface area contributed by atoms with Crippen LogP contribution in [-0.2, 0) is 9.53 Å². The number of carbonyl (C=O) groups is 1. The molecule has 0 aromatic carbocycles. The van der Waals surface area contributed by atoms with Gasteiger partial charge in [-0.15, -0.1) is 0 Å². The fourth-order valence-corrected chi connectivity index (χ4v) is 7.17. The molecule has 0 aromatic heterocycles. The van der Waals surface area contributed by atoms with E-state index in [-0.39, 0.29) is 28.8 Å². The minimum atomic E-state index is -0.134. The highest BCUT2D eigenvalue weighted by atomic mass is 16.5. The summed E-state index contributed by atoms with van der Waals surface area (Å²) >= 11 is 0. The van der Waals surface area contributed by atoms with Crippen LogP contribution >= 0.6 is 0 Å². The van der Waals surface area contributed by atoms with Crippen molar-refractivity contribution in [1.82, 2.24) is 0 Å². The molecule has 4 aliphatic rings. The van der Waals surface area contributed by atoms with E-state index >= 15 is 0 Å². The Morgan fingerprint density at radius 2 is 1.96 bits per heavy atom. The molecule has 24 heavy (non-hydrogen) atoms. The first-order valence-electron chi connectivity index (χ1n) is 9.85. The SMILES string of the molecule is COC(=O)[C@H]1CC[C@@H]2[C@@H]3CC=C4C[C@@H](O)CC[C@]4(C)[C@H]3CC[C@]12C. The molecule has 0 aromatic rings. The number of fused-ring (bicyclic) bond motifs is 5. The van der Waals surface area contributed by atoms with Gasteiger partial charge in [-0.05, 0) is 80.0 Å². The third-order valence-corrected chi connectivity index (χ3v) is 8.56. The maximum Gasteiger partial charge on any atom is 0.309 e. The van der Waals surface area contributed by atoms with Crippen LogP contribution in [0.1, 0.15) is 65.2 Å². The van der Waals surface area contributed by atoms with E-state index in [1.165, 1.54) is 25.5 Å². The number of hydrogen-bond donors (Lipinski definition) is 1. The van der Waals surface area contributed by atoms with Crippen LogP contribution in [0, 0.1) is 34.5 Å². The fourth-order valence-electron chi connectivity index (χ4n) is 7.17. The molecule has 4 rings (SSSR count). The lowest BCUT2D eigenvalue weighted by Gasteiger charge is -2.57. The number of carbonyl (C=O) groups excluding carboxylic acids is 1. The molecule has 3 fully saturated rings. The lowest BCUT2D eigenvalue weighted by atomic mass is 9.47. The maximum absolute atomic E-state index is 12.3. The summed E-state index contributed by atoms with van der Waals surface area (Å²) in [7, 11) is 1.54. The molecule has 0 amide bonds. The summed E-state index contributed by atoms with van der Waals surface area (Å²) < 4.78 is 5.12. The summed E-state index contributed by atoms with van der Waals surface area (Å²) in [6, 6.07) is 0. The first-order chi connectivity index (χ1) is 11.4. The second-order valence-corrected chi connectivity index (χ2v) is 9.35. The molecular weight excluding hydrogens is 300 g/mol. The topological polar surface area (TPSA) is 46.5 Å². The lowest BCUT2D eigenvalue weighted by Crippen LogP contribution is -2.51. The van der Waals surface area contributed by atoms with Gasteiger partial charge in [0.15, 0.2) is 0 Å². The van der Waals surface area contributed by atoms with Crippen LogP contribution in [0.5, 0.6) is 0 Å². The number of hydrogen-bond acceptors (Lipinski definition) is 3. The number of aliphatic hydroxyl groups is 1. The highest BCUT2D eigenvalue weighted by Gasteiger charge is 2.60. The van der Waals surface area contributed by atoms with Crippen LogP contribution in [-0.4, -0.2) is 24.3 Å². The zero-order valence-corrected chi connectivity index (χ0v) is 15.4. The molecule has 0 spiro atoms. The van der Waals surface area contributed by atoms with Gasteiger partial charge in [-0.2, -0.15) is 0 Å². The summed E-state index contributed by atoms with van der Waals surface area (Å²) in [6.07, 6.45) is 11.0. The van der Waals surface area contributed by atoms with Gasteiger partial charge in [-0.25, -0.2) is 0 Å². The Morgan fingerprint density at radius 1 is 1.17 bits per heavy atom. The standard InChI is InChI=1S/C21H32O3/c1-20-10-8-14(22)12-13(20)4-5-15-16-6-7-18(19(23)24-3)21(16,2)11-9-17(15)20/h4,14-18,22H,5-12H2,1-3H3/t14-,15-,16+,17-,18+,20-,21-/m0/s1. The van der Waals surface area contributed by atoms with Crippen molar-refractivity contribution in [2.24, 2.45) is 34.5 Å². The van der Waals surface area contributed by atoms with E-state index in [1.54, 1.807) is 0 Å². The van der Waals surface area contributed by atoms with E-state index in [0.717, 1.165) is 44.4 Å². The van der Waals surface area contributed by atoms with Crippen molar-refractivity contribution in [3.05, 3.63) is 11.6 Å². The first-order valence-corrected chi connectivity index (χ1v) is 9.85. The van der Waals surface area contributed by atoms with Crippen molar-refractivity contribution < 1.29 is 14.6 Å². The highest BCUT2D eigenvalue weighted by molar-refractivity contribution is 5.73. The van der Waals surface area contributed by atoms with Gasteiger partial charge >= 0.3 is 5.97 Å². The summed E-state index contributed by atoms with van der Waals surface area (Å²) in [4.78, 5) is 12.3. The Balaban J connectivity index is 1.64. The molecule has 0 aliphatic heterocycles. The number of esters is 1. The average molecular weight is 332 g/mol. The van der Waals surface area contributed by atoms with Gasteiger partial charge < -0.3 is 9.84 Å². The molecular formula is C21H32O3. The molecule has 0 heterocycles. The zero-order valence-electron chi connectivity index (χ0n) is 15.4. The smallest absolute Gasteiger partial charge is 0.309 e. The molecule has 0 bridgehead atoms. The third kappa shape index (κ3) is 2.16. The van der Waals surface area contributed by atoms with Gasteiger partial charge in [-0.3, -0.25) is 4.79 Å². The normalized spacial score (nSPS) is 50.3. The van der Waals surface area contributed by atoms with Crippen molar-refractivity contribution in [2.75, 3.05) is 7.11 Å². The Bertz CT molecular complexity index is 567. The van der Waals surface area contributed by atoms with Gasteiger partial charge in [0.2, 0.25) is 0 Å². The average Bonchev–Trinajstić information content (AvgIpc) is 2.92. The van der Waals surface area contributed by atoms with Crippen molar-refractivity contribution in [2.45, 2.75) is 71.3 Å². The summed E-state index contributed by atoms with van der Waals surface area (Å²) in [5.41, 5.74) is 1.94. The number of aliphatic hydroxyl groups excluding tert-OH is 1. The molecule has 4 aliphatic carbocycles. The van der Waals surface area contributed by atoms with E-state index in [1.807, 2.05) is 0 Å². The summed E-state index contributed by atoms with van der Waals surface area (Å²) in [5, 5.41) is 10.1. The highest BCUT2D eigenvalue weighted by Crippen LogP contribution is 2.66. The van der Waals surface area contributed by atoms with Crippen LogP contribution in [0.2, 0.25) is 0 Å². The van der Waals surface area contributed by atoms with Crippen molar-refractivity contribution in [1.29, 1.82) is 0 Å². The maximum atomic E-state index is 12.3. The molecule has 1 N–H and O–H groups in total. The van der Waals surface area contributed by atoms with Crippen LogP contribution in [0.3, 0.4) is 0 Å². The molecule has 134 valence electrons. The number of rotatable bonds is 1. The lowest BCUT2D eigenvalue weighted by molar-refractivity contribution is -0.152. The molecule has 0 radical (unpaired) electrons. The van der Waals surface area contributed by atoms with Crippen molar-refractivity contribution in [3.63, 3.8) is 0 Å². The molecule has 7 atom stereocenters. The van der Waals surface area contributed by atoms with Crippen LogP contribution in [0.4, 0.5) is 0 Å². The van der Waals surface area contributed by atoms with Crippen LogP contribution < -0.4 is 0 Å². The van der Waals surface area contributed by atoms with Gasteiger partial charge in [0.1, 0.15) is 0 Å². The molecule has 0 unspecified atom stereocenters. The minimum absolute atomic E-state index is 0.0116. The van der Waals surface area contributed by atoms with E-state index in [0.29, 0.717) is 11.8 Å². The van der Waals surface area contributed by atoms with Crippen molar-refractivity contribution in [3.8, 4) is 0 Å². The van der Waals surface area contributed by atoms with E-state index in [9.17, 15) is 9.90 Å². The Hall–Kier alpha value is -0.830. The van der Waals surface area contributed by atoms with Gasteiger partial charge in [0.25, 0.3) is 0 Å². The Morgan fingerprint density at radius 3 is 2.71 bits per heavy atom. The Labute approximate surface area is 145 Å². The second-order valence-electron chi connectivity index (χ2n) is 9.35. The molecule has 3 saturated carbocycles. The van der Waals surface area contributed by atoms with E-state index in [4.69, 9.17) is 4.74 Å². The molecule has 0 saturated heterocycles. The predicted octanol–water partition coefficient (Wildman–Crippen LogP) is 4.10. The molecule has 3 nitrogen and oxygen atoms in total. The predicted molar refractivity (Wildman–Crippen MR) is 93.2 cm³/mol. The number of ether oxygens (including phenoxy) is 1. The zero-order chi connectivity index (χ0) is 17.1. The minimum Gasteiger partial charge on any atom is -0.469 e. The van der Waals surface area contributed by atoms with Gasteiger partial charge in [-0.1, -0.05) is 25.5 Å². The third-order valence-electron chi connectivity index (χ3n) is 8.56. The second kappa shape index (κ2) is 5.59. The monoisotopic (exact) mass is 332 g/mol. The molecule has 3 heteroatoms. The van der Waals surface area contributed by atoms with Crippen molar-refractivity contribution >= 4 is 5.97 Å². The van der Waals surface area contributed by atoms with Crippen LogP contribution in [0.15, 0.2) is 11.6 Å². The van der Waals surface area contributed by atoms with E-state index < -0.39 is 0 Å². The van der Waals surface area contributed by atoms with Crippen LogP contribution in [0.25, 0.3) is 0 Å². The fraction of sp³-hybridized carbons (Fsp3) is 0.857. The Kier molecular flexibility index (Phi) is 3.87. The largest absolute Gasteiger partial charge is 0.469 e. The summed E-state index contributed by atoms with van der Waals surface area (Å²) in [5.74, 6) is 2.21.